The Labute approximate surface area is 169 Å². The number of benzene rings is 2. The molecule has 0 spiro atoms. The molecule has 0 aliphatic carbocycles. The van der Waals surface area contributed by atoms with E-state index in [9.17, 15) is 18.5 Å². The number of nitro benzene ring substituents is 1. The molecular formula is C20H21N3O5S. The summed E-state index contributed by atoms with van der Waals surface area (Å²) in [6.07, 6.45) is 0.945. The lowest BCUT2D eigenvalue weighted by molar-refractivity contribution is -0.385. The number of piperidine rings is 1. The minimum Gasteiger partial charge on any atom is -0.450 e. The first-order chi connectivity index (χ1) is 13.7. The first-order valence-electron chi connectivity index (χ1n) is 9.17. The van der Waals surface area contributed by atoms with Crippen LogP contribution in [-0.2, 0) is 10.0 Å². The molecule has 2 aromatic carbocycles. The van der Waals surface area contributed by atoms with Gasteiger partial charge in [-0.15, -0.1) is 0 Å². The van der Waals surface area contributed by atoms with Gasteiger partial charge in [-0.25, -0.2) is 8.42 Å². The van der Waals surface area contributed by atoms with Gasteiger partial charge < -0.3 is 4.74 Å². The van der Waals surface area contributed by atoms with Crippen LogP contribution < -0.4 is 4.74 Å². The van der Waals surface area contributed by atoms with Gasteiger partial charge in [0.25, 0.3) is 0 Å². The molecule has 0 unspecified atom stereocenters. The van der Waals surface area contributed by atoms with E-state index in [4.69, 9.17) is 10.00 Å². The van der Waals surface area contributed by atoms with Crippen molar-refractivity contribution in [3.05, 3.63) is 58.1 Å². The highest BCUT2D eigenvalue weighted by molar-refractivity contribution is 7.89. The number of nitrogens with zero attached hydrogens (tertiary/aromatic N) is 3. The van der Waals surface area contributed by atoms with Gasteiger partial charge in [0.2, 0.25) is 15.8 Å². The molecule has 0 amide bonds. The molecule has 0 saturated carbocycles. The third-order valence-corrected chi connectivity index (χ3v) is 6.62. The fourth-order valence-electron chi connectivity index (χ4n) is 3.59. The maximum atomic E-state index is 13.0. The number of ether oxygens (including phenoxy) is 1. The number of nitriles is 1. The summed E-state index contributed by atoms with van der Waals surface area (Å²) in [6.45, 7) is 4.76. The zero-order valence-corrected chi connectivity index (χ0v) is 16.9. The molecule has 0 N–H and O–H groups in total. The molecule has 8 nitrogen and oxygen atoms in total. The Morgan fingerprint density at radius 1 is 1.17 bits per heavy atom. The molecule has 0 bridgehead atoms. The molecular weight excluding hydrogens is 394 g/mol. The average Bonchev–Trinajstić information content (AvgIpc) is 2.67. The predicted molar refractivity (Wildman–Crippen MR) is 106 cm³/mol. The highest BCUT2D eigenvalue weighted by Crippen LogP contribution is 2.35. The van der Waals surface area contributed by atoms with E-state index in [1.54, 1.807) is 18.2 Å². The summed E-state index contributed by atoms with van der Waals surface area (Å²) in [4.78, 5) is 10.7. The van der Waals surface area contributed by atoms with Gasteiger partial charge in [0.1, 0.15) is 5.75 Å². The van der Waals surface area contributed by atoms with E-state index >= 15 is 0 Å². The molecule has 1 fully saturated rings. The maximum absolute atomic E-state index is 13.0. The number of hydrogen-bond donors (Lipinski definition) is 0. The lowest BCUT2D eigenvalue weighted by Gasteiger charge is -2.34. The smallest absolute Gasteiger partial charge is 0.312 e. The third-order valence-electron chi connectivity index (χ3n) is 4.79. The quantitative estimate of drug-likeness (QED) is 0.540. The van der Waals surface area contributed by atoms with Crippen molar-refractivity contribution in [1.82, 2.24) is 4.31 Å². The zero-order chi connectivity index (χ0) is 21.2. The Kier molecular flexibility index (Phi) is 5.86. The summed E-state index contributed by atoms with van der Waals surface area (Å²) in [5.74, 6) is 0.600. The van der Waals surface area contributed by atoms with Crippen molar-refractivity contribution in [3.8, 4) is 17.6 Å². The minimum absolute atomic E-state index is 0.0931. The summed E-state index contributed by atoms with van der Waals surface area (Å²) < 4.78 is 33.0. The summed E-state index contributed by atoms with van der Waals surface area (Å²) >= 11 is 0. The second-order valence-corrected chi connectivity index (χ2v) is 9.33. The number of rotatable bonds is 5. The predicted octanol–water partition coefficient (Wildman–Crippen LogP) is 3.93. The minimum atomic E-state index is -3.85. The molecule has 0 radical (unpaired) electrons. The normalized spacial score (nSPS) is 20.0. The SMILES string of the molecule is C[C@H]1C[C@H](C)CN(S(=O)(=O)c2ccc(Oc3cccc(C#N)c3)c([N+](=O)[O-])c2)C1. The van der Waals surface area contributed by atoms with Crippen LogP contribution in [0.1, 0.15) is 25.8 Å². The first-order valence-corrected chi connectivity index (χ1v) is 10.6. The topological polar surface area (TPSA) is 114 Å². The molecule has 2 atom stereocenters. The molecule has 0 aromatic heterocycles. The standard InChI is InChI=1S/C20H21N3O5S/c1-14-8-15(2)13-22(12-14)29(26,27)18-6-7-20(19(10-18)23(24)25)28-17-5-3-4-16(9-17)11-21/h3-7,9-10,14-15H,8,12-13H2,1-2H3/t14-,15-/m0/s1. The Bertz CT molecular complexity index is 1070. The van der Waals surface area contributed by atoms with Crippen molar-refractivity contribution in [3.63, 3.8) is 0 Å². The molecule has 29 heavy (non-hydrogen) atoms. The van der Waals surface area contributed by atoms with Crippen LogP contribution in [0.5, 0.6) is 11.5 Å². The van der Waals surface area contributed by atoms with Gasteiger partial charge in [-0.05, 0) is 48.6 Å². The lowest BCUT2D eigenvalue weighted by Crippen LogP contribution is -2.42. The monoisotopic (exact) mass is 415 g/mol. The fraction of sp³-hybridized carbons (Fsp3) is 0.350. The zero-order valence-electron chi connectivity index (χ0n) is 16.1. The van der Waals surface area contributed by atoms with Crippen LogP contribution in [0.2, 0.25) is 0 Å². The van der Waals surface area contributed by atoms with Crippen LogP contribution in [0, 0.1) is 33.3 Å². The average molecular weight is 415 g/mol. The van der Waals surface area contributed by atoms with Crippen molar-refractivity contribution < 1.29 is 18.1 Å². The Hall–Kier alpha value is -2.96. The van der Waals surface area contributed by atoms with Crippen LogP contribution in [0.15, 0.2) is 47.4 Å². The molecule has 9 heteroatoms. The lowest BCUT2D eigenvalue weighted by atomic mass is 9.94. The second-order valence-electron chi connectivity index (χ2n) is 7.40. The van der Waals surface area contributed by atoms with Gasteiger partial charge in [0, 0.05) is 19.2 Å². The van der Waals surface area contributed by atoms with E-state index in [1.165, 1.54) is 22.5 Å². The highest BCUT2D eigenvalue weighted by Gasteiger charge is 2.33. The fourth-order valence-corrected chi connectivity index (χ4v) is 5.29. The third kappa shape index (κ3) is 4.55. The van der Waals surface area contributed by atoms with E-state index in [1.807, 2.05) is 19.9 Å². The van der Waals surface area contributed by atoms with E-state index in [-0.39, 0.29) is 28.2 Å². The highest BCUT2D eigenvalue weighted by atomic mass is 32.2. The number of sulfonamides is 1. The van der Waals surface area contributed by atoms with E-state index in [2.05, 4.69) is 0 Å². The van der Waals surface area contributed by atoms with E-state index in [0.717, 1.165) is 12.5 Å². The molecule has 1 aliphatic rings. The summed E-state index contributed by atoms with van der Waals surface area (Å²) in [7, 11) is -3.85. The van der Waals surface area contributed by atoms with E-state index in [0.29, 0.717) is 18.7 Å². The molecule has 1 heterocycles. The Morgan fingerprint density at radius 3 is 2.48 bits per heavy atom. The molecule has 2 aromatic rings. The van der Waals surface area contributed by atoms with Gasteiger partial charge >= 0.3 is 5.69 Å². The van der Waals surface area contributed by atoms with Gasteiger partial charge in [0.05, 0.1) is 21.5 Å². The van der Waals surface area contributed by atoms with Crippen molar-refractivity contribution in [2.75, 3.05) is 13.1 Å². The molecule has 3 rings (SSSR count). The molecule has 1 saturated heterocycles. The number of nitro groups is 1. The largest absolute Gasteiger partial charge is 0.450 e. The first kappa shape index (κ1) is 20.8. The molecule has 152 valence electrons. The summed E-state index contributed by atoms with van der Waals surface area (Å²) in [5, 5.41) is 20.5. The van der Waals surface area contributed by atoms with Crippen molar-refractivity contribution in [2.45, 2.75) is 25.2 Å². The Balaban J connectivity index is 1.95. The van der Waals surface area contributed by atoms with Gasteiger partial charge in [-0.2, -0.15) is 9.57 Å². The van der Waals surface area contributed by atoms with Gasteiger partial charge in [-0.1, -0.05) is 19.9 Å². The number of hydrogen-bond acceptors (Lipinski definition) is 6. The van der Waals surface area contributed by atoms with Gasteiger partial charge in [0.15, 0.2) is 0 Å². The van der Waals surface area contributed by atoms with Crippen molar-refractivity contribution in [1.29, 1.82) is 5.26 Å². The van der Waals surface area contributed by atoms with Crippen LogP contribution in [0.25, 0.3) is 0 Å². The van der Waals surface area contributed by atoms with Crippen LogP contribution in [0.4, 0.5) is 5.69 Å². The Morgan fingerprint density at radius 2 is 1.86 bits per heavy atom. The summed E-state index contributed by atoms with van der Waals surface area (Å²) in [5.41, 5.74) is -0.107. The van der Waals surface area contributed by atoms with E-state index < -0.39 is 20.6 Å². The molecule has 1 aliphatic heterocycles. The van der Waals surface area contributed by atoms with Crippen LogP contribution >= 0.6 is 0 Å². The van der Waals surface area contributed by atoms with Crippen molar-refractivity contribution >= 4 is 15.7 Å². The van der Waals surface area contributed by atoms with Gasteiger partial charge in [-0.3, -0.25) is 10.1 Å². The van der Waals surface area contributed by atoms with Crippen molar-refractivity contribution in [2.24, 2.45) is 11.8 Å². The van der Waals surface area contributed by atoms with Crippen LogP contribution in [0.3, 0.4) is 0 Å². The maximum Gasteiger partial charge on any atom is 0.312 e. The van der Waals surface area contributed by atoms with Crippen LogP contribution in [-0.4, -0.2) is 30.7 Å². The second kappa shape index (κ2) is 8.19. The summed E-state index contributed by atoms with van der Waals surface area (Å²) in [6, 6.07) is 11.8.